The van der Waals surface area contributed by atoms with Crippen LogP contribution in [0.4, 0.5) is 26.3 Å². The van der Waals surface area contributed by atoms with Crippen molar-refractivity contribution in [3.05, 3.63) is 0 Å². The first kappa shape index (κ1) is 22.4. The normalized spacial score (nSPS) is 13.9. The van der Waals surface area contributed by atoms with Crippen LogP contribution in [0, 0.1) is 0 Å². The molecular weight excluding hydrogens is 426 g/mol. The number of carbonyl (C=O) groups is 1. The van der Waals surface area contributed by atoms with Crippen LogP contribution in [0.1, 0.15) is 25.7 Å². The van der Waals surface area contributed by atoms with Crippen molar-refractivity contribution in [3.63, 3.8) is 0 Å². The third-order valence-corrected chi connectivity index (χ3v) is 4.66. The number of alkyl halides is 7. The maximum atomic E-state index is 12.7. The monoisotopic (exact) mass is 437 g/mol. The molecule has 0 rings (SSSR count). The Morgan fingerprint density at radius 3 is 1.74 bits per heavy atom. The molecule has 0 spiro atoms. The molecule has 0 aromatic rings. The summed E-state index contributed by atoms with van der Waals surface area (Å²) in [6.07, 6.45) is -11.9. The molecule has 13 heteroatoms. The summed E-state index contributed by atoms with van der Waals surface area (Å²) >= 11 is 3.10. The fourth-order valence-electron chi connectivity index (χ4n) is 1.59. The molecule has 23 heavy (non-hydrogen) atoms. The van der Waals surface area contributed by atoms with Gasteiger partial charge < -0.3 is 9.29 Å². The lowest BCUT2D eigenvalue weighted by molar-refractivity contribution is -0.268. The molecule has 0 bridgehead atoms. The molecule has 0 fully saturated rings. The minimum Gasteiger partial charge on any atom is -0.747 e. The van der Waals surface area contributed by atoms with Gasteiger partial charge in [0.05, 0.1) is 6.61 Å². The van der Waals surface area contributed by atoms with E-state index in [1.54, 1.807) is 0 Å². The van der Waals surface area contributed by atoms with E-state index in [2.05, 4.69) is 20.7 Å². The lowest BCUT2D eigenvalue weighted by Crippen LogP contribution is -2.67. The van der Waals surface area contributed by atoms with Gasteiger partial charge in [0.15, 0.2) is 0 Å². The van der Waals surface area contributed by atoms with Gasteiger partial charge in [-0.15, -0.1) is 0 Å². The molecule has 0 aromatic heterocycles. The minimum absolute atomic E-state index is 0.0799. The highest BCUT2D eigenvalue weighted by Gasteiger charge is 2.81. The Morgan fingerprint density at radius 2 is 1.39 bits per heavy atom. The molecule has 0 saturated heterocycles. The summed E-state index contributed by atoms with van der Waals surface area (Å²) in [6.45, 7) is -0.870. The first-order valence-electron chi connectivity index (χ1n) is 6.05. The van der Waals surface area contributed by atoms with Crippen molar-refractivity contribution >= 4 is 32.0 Å². The number of hydrogen-bond donors (Lipinski definition) is 0. The van der Waals surface area contributed by atoms with Crippen LogP contribution >= 0.6 is 15.9 Å². The van der Waals surface area contributed by atoms with Crippen molar-refractivity contribution in [1.29, 1.82) is 0 Å². The molecule has 0 radical (unpaired) electrons. The zero-order valence-electron chi connectivity index (χ0n) is 11.3. The number of ether oxygens (including phenoxy) is 1. The van der Waals surface area contributed by atoms with Crippen LogP contribution in [0.2, 0.25) is 0 Å². The van der Waals surface area contributed by atoms with Crippen LogP contribution in [0.15, 0.2) is 0 Å². The Bertz CT molecular complexity index is 487. The Morgan fingerprint density at radius 1 is 0.957 bits per heavy atom. The maximum Gasteiger partial charge on any atom is 0.426 e. The van der Waals surface area contributed by atoms with Gasteiger partial charge in [-0.3, -0.25) is 0 Å². The summed E-state index contributed by atoms with van der Waals surface area (Å²) in [7, 11) is -7.17. The van der Waals surface area contributed by atoms with Gasteiger partial charge in [-0.05, 0) is 12.8 Å². The van der Waals surface area contributed by atoms with Gasteiger partial charge in [0, 0.05) is 5.33 Å². The average molecular weight is 438 g/mol. The summed E-state index contributed by atoms with van der Waals surface area (Å²) < 4.78 is 106. The van der Waals surface area contributed by atoms with Crippen LogP contribution in [0.25, 0.3) is 0 Å². The van der Waals surface area contributed by atoms with Crippen molar-refractivity contribution in [2.75, 3.05) is 11.9 Å². The molecule has 0 atom stereocenters. The highest BCUT2D eigenvalue weighted by molar-refractivity contribution is 9.09. The van der Waals surface area contributed by atoms with Gasteiger partial charge in [-0.25, -0.2) is 13.2 Å². The molecule has 0 unspecified atom stereocenters. The zero-order chi connectivity index (χ0) is 18.5. The van der Waals surface area contributed by atoms with Gasteiger partial charge in [0.2, 0.25) is 0 Å². The smallest absolute Gasteiger partial charge is 0.426 e. The van der Waals surface area contributed by atoms with Crippen LogP contribution in [-0.4, -0.2) is 48.0 Å². The van der Waals surface area contributed by atoms with Crippen molar-refractivity contribution in [3.8, 4) is 0 Å². The third-order valence-electron chi connectivity index (χ3n) is 2.72. The van der Waals surface area contributed by atoms with Crippen LogP contribution < -0.4 is 0 Å². The number of halogens is 7. The molecule has 0 aliphatic rings. The number of rotatable bonds is 8. The molecule has 0 amide bonds. The molecule has 0 aromatic carbocycles. The fourth-order valence-corrected chi connectivity index (χ4v) is 2.82. The van der Waals surface area contributed by atoms with Gasteiger partial charge in [0.25, 0.3) is 0 Å². The Kier molecular flexibility index (Phi) is 7.82. The zero-order valence-corrected chi connectivity index (χ0v) is 13.7. The highest BCUT2D eigenvalue weighted by atomic mass is 79.9. The molecule has 0 aliphatic carbocycles. The summed E-state index contributed by atoms with van der Waals surface area (Å²) in [5.41, 5.74) is 0. The molecular formula is C10H12BrF6O5S-. The summed E-state index contributed by atoms with van der Waals surface area (Å²) in [4.78, 5) is 11.2. The Labute approximate surface area is 136 Å². The van der Waals surface area contributed by atoms with E-state index < -0.39 is 39.8 Å². The predicted molar refractivity (Wildman–Crippen MR) is 67.8 cm³/mol. The molecule has 0 N–H and O–H groups in total. The molecule has 0 saturated carbocycles. The lowest BCUT2D eigenvalue weighted by Gasteiger charge is -2.36. The van der Waals surface area contributed by atoms with Crippen molar-refractivity contribution in [2.45, 2.75) is 42.8 Å². The van der Waals surface area contributed by atoms with Crippen LogP contribution in [-0.2, 0) is 19.6 Å². The second-order valence-corrected chi connectivity index (χ2v) is 6.68. The fraction of sp³-hybridized carbons (Fsp3) is 0.900. The van der Waals surface area contributed by atoms with E-state index in [4.69, 9.17) is 0 Å². The van der Waals surface area contributed by atoms with Gasteiger partial charge in [-0.2, -0.15) is 26.3 Å². The first-order valence-corrected chi connectivity index (χ1v) is 8.58. The van der Waals surface area contributed by atoms with Gasteiger partial charge in [0.1, 0.15) is 10.1 Å². The van der Waals surface area contributed by atoms with Gasteiger partial charge in [-0.1, -0.05) is 28.8 Å². The molecule has 0 aliphatic heterocycles. The van der Waals surface area contributed by atoms with Crippen molar-refractivity contribution in [2.24, 2.45) is 0 Å². The Hall–Kier alpha value is -0.560. The van der Waals surface area contributed by atoms with Crippen LogP contribution in [0.5, 0.6) is 0 Å². The number of carbonyl (C=O) groups excluding carboxylic acids is 1. The van der Waals surface area contributed by atoms with E-state index in [1.807, 2.05) is 0 Å². The predicted octanol–water partition coefficient (Wildman–Crippen LogP) is 2.89. The van der Waals surface area contributed by atoms with Crippen molar-refractivity contribution < 1.29 is 48.8 Å². The number of hydrogen-bond acceptors (Lipinski definition) is 5. The topological polar surface area (TPSA) is 83.5 Å². The SMILES string of the molecule is O=C(OCCCCCCBr)C(C(F)(F)F)(C(F)(F)F)S(=O)(=O)[O-]. The second kappa shape index (κ2) is 8.01. The average Bonchev–Trinajstić information content (AvgIpc) is 2.28. The summed E-state index contributed by atoms with van der Waals surface area (Å²) in [5.74, 6) is -3.19. The third kappa shape index (κ3) is 4.95. The standard InChI is InChI=1S/C10H13BrF6O5S/c11-5-3-1-2-4-6-22-7(18)8(9(12,13)14,10(15,16)17)23(19,20)21/h1-6H2,(H,19,20,21)/p-1. The second-order valence-electron chi connectivity index (χ2n) is 4.37. The lowest BCUT2D eigenvalue weighted by atomic mass is 10.1. The quantitative estimate of drug-likeness (QED) is 0.191. The van der Waals surface area contributed by atoms with E-state index in [0.717, 1.165) is 0 Å². The summed E-state index contributed by atoms with van der Waals surface area (Å²) in [6, 6.07) is 0. The first-order chi connectivity index (χ1) is 10.2. The Balaban J connectivity index is 5.37. The number of unbranched alkanes of at least 4 members (excludes halogenated alkanes) is 3. The highest BCUT2D eigenvalue weighted by Crippen LogP contribution is 2.49. The number of esters is 1. The molecule has 0 heterocycles. The largest absolute Gasteiger partial charge is 0.747 e. The van der Waals surface area contributed by atoms with E-state index in [-0.39, 0.29) is 6.42 Å². The van der Waals surface area contributed by atoms with E-state index in [0.29, 0.717) is 24.6 Å². The minimum atomic E-state index is -7.17. The van der Waals surface area contributed by atoms with Crippen molar-refractivity contribution in [1.82, 2.24) is 0 Å². The van der Waals surface area contributed by atoms with E-state index >= 15 is 0 Å². The van der Waals surface area contributed by atoms with Crippen LogP contribution in [0.3, 0.4) is 0 Å². The maximum absolute atomic E-state index is 12.7. The summed E-state index contributed by atoms with van der Waals surface area (Å²) in [5, 5.41) is 0.631. The molecule has 138 valence electrons. The van der Waals surface area contributed by atoms with Gasteiger partial charge >= 0.3 is 23.1 Å². The van der Waals surface area contributed by atoms with E-state index in [9.17, 15) is 44.1 Å². The molecule has 5 nitrogen and oxygen atoms in total. The van der Waals surface area contributed by atoms with E-state index in [1.165, 1.54) is 0 Å².